The molecule has 1 unspecified atom stereocenters. The highest BCUT2D eigenvalue weighted by atomic mass is 16.5. The van der Waals surface area contributed by atoms with Crippen molar-refractivity contribution in [2.75, 3.05) is 24.3 Å². The maximum Gasteiger partial charge on any atom is 0.319 e. The average molecular weight is 317 g/mol. The number of urea groups is 1. The molecule has 7 nitrogen and oxygen atoms in total. The van der Waals surface area contributed by atoms with Crippen LogP contribution in [-0.4, -0.2) is 36.3 Å². The largest absolute Gasteiger partial charge is 0.363 e. The summed E-state index contributed by atoms with van der Waals surface area (Å²) in [5.74, 6) is 1.63. The van der Waals surface area contributed by atoms with Gasteiger partial charge in [-0.05, 0) is 39.3 Å². The van der Waals surface area contributed by atoms with Gasteiger partial charge < -0.3 is 20.1 Å². The molecule has 0 radical (unpaired) electrons. The van der Waals surface area contributed by atoms with Crippen LogP contribution in [0.2, 0.25) is 0 Å². The lowest BCUT2D eigenvalue weighted by Crippen LogP contribution is -2.37. The molecule has 0 fully saturated rings. The van der Waals surface area contributed by atoms with E-state index in [1.54, 1.807) is 6.20 Å². The number of pyridine rings is 1. The molecule has 124 valence electrons. The topological polar surface area (TPSA) is 83.3 Å². The standard InChI is InChI=1S/C16H23N5O2/c1-10(8-14-11(2)20-23-12(14)3)18-16(22)19-13-6-7-15(17-9-13)21(4)5/h6-7,9-10H,8H2,1-5H3,(H2,18,19,22). The second kappa shape index (κ2) is 7.13. The molecule has 0 aliphatic carbocycles. The van der Waals surface area contributed by atoms with Gasteiger partial charge in [0.15, 0.2) is 0 Å². The van der Waals surface area contributed by atoms with Crippen molar-refractivity contribution in [1.29, 1.82) is 0 Å². The number of nitrogens with zero attached hydrogens (tertiary/aromatic N) is 3. The van der Waals surface area contributed by atoms with E-state index in [2.05, 4.69) is 20.8 Å². The molecule has 0 aliphatic rings. The summed E-state index contributed by atoms with van der Waals surface area (Å²) in [5.41, 5.74) is 2.55. The third-order valence-electron chi connectivity index (χ3n) is 3.53. The van der Waals surface area contributed by atoms with E-state index >= 15 is 0 Å². The lowest BCUT2D eigenvalue weighted by molar-refractivity contribution is 0.249. The predicted octanol–water partition coefficient (Wildman–Crippen LogP) is 2.51. The molecule has 2 aromatic heterocycles. The van der Waals surface area contributed by atoms with Crippen LogP contribution in [0.3, 0.4) is 0 Å². The van der Waals surface area contributed by atoms with E-state index in [4.69, 9.17) is 4.52 Å². The molecule has 2 amide bonds. The Morgan fingerprint density at radius 2 is 2.09 bits per heavy atom. The van der Waals surface area contributed by atoms with E-state index < -0.39 is 0 Å². The molecule has 0 saturated heterocycles. The van der Waals surface area contributed by atoms with Crippen LogP contribution in [-0.2, 0) is 6.42 Å². The zero-order valence-electron chi connectivity index (χ0n) is 14.2. The molecule has 1 atom stereocenters. The Labute approximate surface area is 136 Å². The van der Waals surface area contributed by atoms with Gasteiger partial charge in [0, 0.05) is 25.7 Å². The lowest BCUT2D eigenvalue weighted by atomic mass is 10.1. The quantitative estimate of drug-likeness (QED) is 0.885. The summed E-state index contributed by atoms with van der Waals surface area (Å²) >= 11 is 0. The third-order valence-corrected chi connectivity index (χ3v) is 3.53. The predicted molar refractivity (Wildman–Crippen MR) is 89.9 cm³/mol. The first-order valence-electron chi connectivity index (χ1n) is 7.49. The number of carbonyl (C=O) groups excluding carboxylic acids is 1. The van der Waals surface area contributed by atoms with Crippen molar-refractivity contribution in [2.24, 2.45) is 0 Å². The van der Waals surface area contributed by atoms with Crippen LogP contribution < -0.4 is 15.5 Å². The van der Waals surface area contributed by atoms with Crippen molar-refractivity contribution >= 4 is 17.5 Å². The normalized spacial score (nSPS) is 11.9. The van der Waals surface area contributed by atoms with Gasteiger partial charge in [0.2, 0.25) is 0 Å². The molecule has 0 bridgehead atoms. The number of nitrogens with one attached hydrogen (secondary N) is 2. The number of aromatic nitrogens is 2. The second-order valence-corrected chi connectivity index (χ2v) is 5.81. The molecular formula is C16H23N5O2. The maximum absolute atomic E-state index is 12.0. The number of carbonyl (C=O) groups is 1. The molecule has 23 heavy (non-hydrogen) atoms. The maximum atomic E-state index is 12.0. The Kier molecular flexibility index (Phi) is 5.20. The summed E-state index contributed by atoms with van der Waals surface area (Å²) in [6.45, 7) is 5.72. The fraction of sp³-hybridized carbons (Fsp3) is 0.438. The van der Waals surface area contributed by atoms with Crippen molar-refractivity contribution in [3.63, 3.8) is 0 Å². The van der Waals surface area contributed by atoms with E-state index in [9.17, 15) is 4.79 Å². The minimum Gasteiger partial charge on any atom is -0.363 e. The van der Waals surface area contributed by atoms with Crippen molar-refractivity contribution in [2.45, 2.75) is 33.2 Å². The Balaban J connectivity index is 1.89. The number of hydrogen-bond donors (Lipinski definition) is 2. The molecule has 0 aliphatic heterocycles. The van der Waals surface area contributed by atoms with Gasteiger partial charge in [-0.1, -0.05) is 5.16 Å². The van der Waals surface area contributed by atoms with E-state index in [0.29, 0.717) is 12.1 Å². The Morgan fingerprint density at radius 3 is 2.61 bits per heavy atom. The molecule has 2 N–H and O–H groups in total. The smallest absolute Gasteiger partial charge is 0.319 e. The van der Waals surface area contributed by atoms with E-state index in [1.165, 1.54) is 0 Å². The number of amides is 2. The van der Waals surface area contributed by atoms with Crippen molar-refractivity contribution in [1.82, 2.24) is 15.5 Å². The summed E-state index contributed by atoms with van der Waals surface area (Å²) in [7, 11) is 3.83. The molecular weight excluding hydrogens is 294 g/mol. The van der Waals surface area contributed by atoms with Gasteiger partial charge in [-0.3, -0.25) is 0 Å². The minimum absolute atomic E-state index is 0.0409. The minimum atomic E-state index is -0.260. The van der Waals surface area contributed by atoms with Crippen LogP contribution in [0.25, 0.3) is 0 Å². The zero-order valence-corrected chi connectivity index (χ0v) is 14.2. The van der Waals surface area contributed by atoms with Crippen LogP contribution in [0.5, 0.6) is 0 Å². The second-order valence-electron chi connectivity index (χ2n) is 5.81. The van der Waals surface area contributed by atoms with Crippen LogP contribution in [0.1, 0.15) is 23.9 Å². The Hall–Kier alpha value is -2.57. The van der Waals surface area contributed by atoms with Gasteiger partial charge in [0.1, 0.15) is 11.6 Å². The third kappa shape index (κ3) is 4.45. The van der Waals surface area contributed by atoms with Gasteiger partial charge in [-0.15, -0.1) is 0 Å². The first kappa shape index (κ1) is 16.8. The molecule has 7 heteroatoms. The van der Waals surface area contributed by atoms with Gasteiger partial charge in [-0.25, -0.2) is 9.78 Å². The van der Waals surface area contributed by atoms with Gasteiger partial charge >= 0.3 is 6.03 Å². The van der Waals surface area contributed by atoms with Crippen LogP contribution in [0.4, 0.5) is 16.3 Å². The Morgan fingerprint density at radius 1 is 1.35 bits per heavy atom. The van der Waals surface area contributed by atoms with Gasteiger partial charge in [0.05, 0.1) is 17.6 Å². The highest BCUT2D eigenvalue weighted by molar-refractivity contribution is 5.89. The number of hydrogen-bond acceptors (Lipinski definition) is 5. The average Bonchev–Trinajstić information content (AvgIpc) is 2.79. The summed E-state index contributed by atoms with van der Waals surface area (Å²) in [5, 5.41) is 9.60. The Bertz CT molecular complexity index is 644. The summed E-state index contributed by atoms with van der Waals surface area (Å²) in [4.78, 5) is 18.2. The molecule has 2 aromatic rings. The van der Waals surface area contributed by atoms with Crippen LogP contribution in [0.15, 0.2) is 22.9 Å². The monoisotopic (exact) mass is 317 g/mol. The first-order chi connectivity index (χ1) is 10.9. The van der Waals surface area contributed by atoms with E-state index in [1.807, 2.05) is 51.9 Å². The first-order valence-corrected chi connectivity index (χ1v) is 7.49. The SMILES string of the molecule is Cc1noc(C)c1CC(C)NC(=O)Nc1ccc(N(C)C)nc1. The van der Waals surface area contributed by atoms with Crippen LogP contribution in [0, 0.1) is 13.8 Å². The van der Waals surface area contributed by atoms with E-state index in [0.717, 1.165) is 22.8 Å². The fourth-order valence-corrected chi connectivity index (χ4v) is 2.27. The zero-order chi connectivity index (χ0) is 17.0. The lowest BCUT2D eigenvalue weighted by Gasteiger charge is -2.15. The fourth-order valence-electron chi connectivity index (χ4n) is 2.27. The molecule has 0 spiro atoms. The number of rotatable bonds is 5. The van der Waals surface area contributed by atoms with Gasteiger partial charge in [0.25, 0.3) is 0 Å². The van der Waals surface area contributed by atoms with Gasteiger partial charge in [-0.2, -0.15) is 0 Å². The molecule has 0 saturated carbocycles. The van der Waals surface area contributed by atoms with E-state index in [-0.39, 0.29) is 12.1 Å². The highest BCUT2D eigenvalue weighted by Gasteiger charge is 2.14. The summed E-state index contributed by atoms with van der Waals surface area (Å²) in [6.07, 6.45) is 2.31. The van der Waals surface area contributed by atoms with Crippen LogP contribution >= 0.6 is 0 Å². The molecule has 0 aromatic carbocycles. The number of anilines is 2. The summed E-state index contributed by atoms with van der Waals surface area (Å²) < 4.78 is 5.14. The highest BCUT2D eigenvalue weighted by Crippen LogP contribution is 2.15. The van der Waals surface area contributed by atoms with Crippen molar-refractivity contribution in [3.8, 4) is 0 Å². The molecule has 2 heterocycles. The number of aryl methyl sites for hydroxylation is 2. The van der Waals surface area contributed by atoms with Crippen molar-refractivity contribution < 1.29 is 9.32 Å². The summed E-state index contributed by atoms with van der Waals surface area (Å²) in [6, 6.07) is 3.37. The van der Waals surface area contributed by atoms with Crippen molar-refractivity contribution in [3.05, 3.63) is 35.3 Å². The molecule has 2 rings (SSSR count).